The molecule has 2 unspecified atom stereocenters. The Morgan fingerprint density at radius 3 is 2.31 bits per heavy atom. The highest BCUT2D eigenvalue weighted by Crippen LogP contribution is 2.31. The molecule has 0 aromatic heterocycles. The van der Waals surface area contributed by atoms with E-state index in [1.807, 2.05) is 6.07 Å². The van der Waals surface area contributed by atoms with Gasteiger partial charge in [0.2, 0.25) is 11.8 Å². The van der Waals surface area contributed by atoms with Gasteiger partial charge in [-0.2, -0.15) is 0 Å². The molecule has 4 amide bonds. The third-order valence-electron chi connectivity index (χ3n) is 5.66. The lowest BCUT2D eigenvalue weighted by atomic mass is 9.98. The van der Waals surface area contributed by atoms with Crippen LogP contribution >= 0.6 is 11.6 Å². The SMILES string of the molecule is C=Cc1cccc(C(C(=O)Nc2c(C)cccc2Cl)N(C(=O)C(CC(N)=O)NC(=O)OC(C)(C)C)C(C)C)c1. The number of halogens is 1. The molecule has 0 bridgehead atoms. The Balaban J connectivity index is 2.61. The minimum Gasteiger partial charge on any atom is -0.444 e. The summed E-state index contributed by atoms with van der Waals surface area (Å²) in [5.74, 6) is -2.03. The van der Waals surface area contributed by atoms with Crippen molar-refractivity contribution in [3.8, 4) is 0 Å². The second-order valence-electron chi connectivity index (χ2n) is 10.4. The van der Waals surface area contributed by atoms with Crippen LogP contribution in [0.3, 0.4) is 0 Å². The Morgan fingerprint density at radius 2 is 1.77 bits per heavy atom. The first kappa shape index (κ1) is 31.4. The van der Waals surface area contributed by atoms with Gasteiger partial charge in [-0.1, -0.05) is 54.6 Å². The molecule has 0 aliphatic heterocycles. The maximum Gasteiger partial charge on any atom is 0.408 e. The monoisotopic (exact) mass is 556 g/mol. The average molecular weight is 557 g/mol. The molecule has 0 spiro atoms. The van der Waals surface area contributed by atoms with Gasteiger partial charge in [0.15, 0.2) is 0 Å². The van der Waals surface area contributed by atoms with Gasteiger partial charge in [-0.05, 0) is 70.4 Å². The van der Waals surface area contributed by atoms with Gasteiger partial charge < -0.3 is 26.0 Å². The molecule has 0 saturated carbocycles. The Labute approximate surface area is 234 Å². The highest BCUT2D eigenvalue weighted by atomic mass is 35.5. The van der Waals surface area contributed by atoms with Gasteiger partial charge in [-0.3, -0.25) is 14.4 Å². The normalized spacial score (nSPS) is 12.7. The topological polar surface area (TPSA) is 131 Å². The van der Waals surface area contributed by atoms with Crippen molar-refractivity contribution in [1.29, 1.82) is 0 Å². The molecule has 2 aromatic carbocycles. The Bertz CT molecular complexity index is 1220. The lowest BCUT2D eigenvalue weighted by Gasteiger charge is -2.37. The number of alkyl carbamates (subject to hydrolysis) is 1. The molecular weight excluding hydrogens is 520 g/mol. The minimum atomic E-state index is -1.38. The van der Waals surface area contributed by atoms with E-state index in [4.69, 9.17) is 22.1 Å². The van der Waals surface area contributed by atoms with Crippen molar-refractivity contribution in [2.75, 3.05) is 5.32 Å². The van der Waals surface area contributed by atoms with E-state index in [2.05, 4.69) is 17.2 Å². The Morgan fingerprint density at radius 1 is 1.13 bits per heavy atom. The highest BCUT2D eigenvalue weighted by molar-refractivity contribution is 6.34. The van der Waals surface area contributed by atoms with Gasteiger partial charge in [0, 0.05) is 6.04 Å². The molecule has 0 heterocycles. The zero-order valence-electron chi connectivity index (χ0n) is 23.2. The van der Waals surface area contributed by atoms with Crippen LogP contribution in [0.4, 0.5) is 10.5 Å². The minimum absolute atomic E-state index is 0.336. The second kappa shape index (κ2) is 13.3. The zero-order valence-corrected chi connectivity index (χ0v) is 24.0. The first-order chi connectivity index (χ1) is 18.1. The second-order valence-corrected chi connectivity index (χ2v) is 10.8. The molecule has 210 valence electrons. The third kappa shape index (κ3) is 8.85. The number of primary amides is 1. The van der Waals surface area contributed by atoms with Crippen LogP contribution in [0.2, 0.25) is 5.02 Å². The molecule has 2 rings (SSSR count). The summed E-state index contributed by atoms with van der Waals surface area (Å²) in [5, 5.41) is 5.65. The summed E-state index contributed by atoms with van der Waals surface area (Å²) in [6, 6.07) is 9.14. The fourth-order valence-corrected chi connectivity index (χ4v) is 4.26. The number of rotatable bonds is 10. The lowest BCUT2D eigenvalue weighted by Crippen LogP contribution is -2.55. The molecule has 0 fully saturated rings. The predicted octanol–water partition coefficient (Wildman–Crippen LogP) is 4.98. The molecule has 0 radical (unpaired) electrons. The van der Waals surface area contributed by atoms with Crippen molar-refractivity contribution in [1.82, 2.24) is 10.2 Å². The third-order valence-corrected chi connectivity index (χ3v) is 5.98. The van der Waals surface area contributed by atoms with Gasteiger partial charge >= 0.3 is 6.09 Å². The van der Waals surface area contributed by atoms with Crippen molar-refractivity contribution in [3.63, 3.8) is 0 Å². The van der Waals surface area contributed by atoms with Crippen molar-refractivity contribution in [2.45, 2.75) is 71.7 Å². The van der Waals surface area contributed by atoms with E-state index >= 15 is 0 Å². The van der Waals surface area contributed by atoms with Gasteiger partial charge in [-0.15, -0.1) is 0 Å². The number of para-hydroxylation sites is 1. The van der Waals surface area contributed by atoms with Crippen LogP contribution in [0, 0.1) is 6.92 Å². The van der Waals surface area contributed by atoms with E-state index in [-0.39, 0.29) is 0 Å². The van der Waals surface area contributed by atoms with E-state index in [9.17, 15) is 19.2 Å². The largest absolute Gasteiger partial charge is 0.444 e. The Kier molecular flexibility index (Phi) is 10.7. The number of hydrogen-bond donors (Lipinski definition) is 3. The number of nitrogens with one attached hydrogen (secondary N) is 2. The van der Waals surface area contributed by atoms with Crippen LogP contribution in [0.5, 0.6) is 0 Å². The van der Waals surface area contributed by atoms with Crippen LogP contribution in [0.15, 0.2) is 49.0 Å². The zero-order chi connectivity index (χ0) is 29.5. The standard InChI is InChI=1S/C29H37ClN4O5/c1-8-19-12-10-13-20(15-19)25(26(36)33-24-18(4)11-9-14-21(24)30)34(17(2)3)27(37)22(16-23(31)35)32-28(38)39-29(5,6)7/h8-15,17,22,25H,1,16H2,2-7H3,(H2,31,35)(H,32,38)(H,33,36). The fraction of sp³-hybridized carbons (Fsp3) is 0.379. The number of amides is 4. The number of hydrogen-bond acceptors (Lipinski definition) is 5. The van der Waals surface area contributed by atoms with Gasteiger partial charge in [0.05, 0.1) is 17.1 Å². The van der Waals surface area contributed by atoms with Crippen LogP contribution in [-0.2, 0) is 19.1 Å². The first-order valence-electron chi connectivity index (χ1n) is 12.5. The summed E-state index contributed by atoms with van der Waals surface area (Å²) < 4.78 is 5.29. The van der Waals surface area contributed by atoms with Crippen molar-refractivity contribution in [2.24, 2.45) is 5.73 Å². The molecule has 0 saturated heterocycles. The number of carbonyl (C=O) groups is 4. The maximum atomic E-state index is 14.0. The van der Waals surface area contributed by atoms with E-state index < -0.39 is 54.0 Å². The highest BCUT2D eigenvalue weighted by Gasteiger charge is 2.38. The van der Waals surface area contributed by atoms with Crippen LogP contribution in [0.1, 0.15) is 63.8 Å². The molecule has 39 heavy (non-hydrogen) atoms. The van der Waals surface area contributed by atoms with Gasteiger partial charge in [0.25, 0.3) is 5.91 Å². The number of anilines is 1. The fourth-order valence-electron chi connectivity index (χ4n) is 3.99. The summed E-state index contributed by atoms with van der Waals surface area (Å²) in [6.45, 7) is 14.1. The quantitative estimate of drug-likeness (QED) is 0.380. The van der Waals surface area contributed by atoms with Crippen molar-refractivity contribution < 1.29 is 23.9 Å². The van der Waals surface area contributed by atoms with Crippen molar-refractivity contribution >= 4 is 47.2 Å². The summed E-state index contributed by atoms with van der Waals surface area (Å²) in [5.41, 5.74) is 6.94. The summed E-state index contributed by atoms with van der Waals surface area (Å²) in [6.07, 6.45) is 0.233. The number of nitrogens with zero attached hydrogens (tertiary/aromatic N) is 1. The molecular formula is C29H37ClN4O5. The molecule has 10 heteroatoms. The first-order valence-corrected chi connectivity index (χ1v) is 12.9. The molecule has 0 aliphatic carbocycles. The van der Waals surface area contributed by atoms with Crippen LogP contribution in [0.25, 0.3) is 6.08 Å². The van der Waals surface area contributed by atoms with E-state index in [0.717, 1.165) is 11.1 Å². The van der Waals surface area contributed by atoms with E-state index in [1.165, 1.54) is 4.90 Å². The van der Waals surface area contributed by atoms with E-state index in [1.54, 1.807) is 84.0 Å². The van der Waals surface area contributed by atoms with Gasteiger partial charge in [0.1, 0.15) is 17.7 Å². The van der Waals surface area contributed by atoms with Crippen molar-refractivity contribution in [3.05, 3.63) is 70.8 Å². The average Bonchev–Trinajstić information content (AvgIpc) is 2.82. The molecule has 2 aromatic rings. The molecule has 9 nitrogen and oxygen atoms in total. The molecule has 0 aliphatic rings. The number of carbonyl (C=O) groups excluding carboxylic acids is 4. The summed E-state index contributed by atoms with van der Waals surface area (Å²) in [4.78, 5) is 53.7. The van der Waals surface area contributed by atoms with E-state index in [0.29, 0.717) is 16.3 Å². The smallest absolute Gasteiger partial charge is 0.408 e. The van der Waals surface area contributed by atoms with Crippen LogP contribution < -0.4 is 16.4 Å². The number of nitrogens with two attached hydrogens (primary N) is 1. The molecule has 2 atom stereocenters. The summed E-state index contributed by atoms with van der Waals surface area (Å²) in [7, 11) is 0. The Hall–Kier alpha value is -3.85. The van der Waals surface area contributed by atoms with Gasteiger partial charge in [-0.25, -0.2) is 4.79 Å². The maximum absolute atomic E-state index is 14.0. The lowest BCUT2D eigenvalue weighted by molar-refractivity contribution is -0.143. The number of aryl methyl sites for hydroxylation is 1. The molecule has 4 N–H and O–H groups in total. The predicted molar refractivity (Wildman–Crippen MR) is 153 cm³/mol. The number of benzene rings is 2. The number of ether oxygens (including phenoxy) is 1. The van der Waals surface area contributed by atoms with Crippen LogP contribution in [-0.4, -0.2) is 46.4 Å². The summed E-state index contributed by atoms with van der Waals surface area (Å²) >= 11 is 6.37.